The van der Waals surface area contributed by atoms with Gasteiger partial charge in [0.15, 0.2) is 5.88 Å². The van der Waals surface area contributed by atoms with Crippen LogP contribution in [0.1, 0.15) is 26.7 Å². The molecular weight excluding hydrogens is 310 g/mol. The van der Waals surface area contributed by atoms with Crippen molar-refractivity contribution in [3.63, 3.8) is 0 Å². The Labute approximate surface area is 144 Å². The predicted octanol–water partition coefficient (Wildman–Crippen LogP) is 3.08. The molecule has 0 aromatic carbocycles. The summed E-state index contributed by atoms with van der Waals surface area (Å²) in [5.41, 5.74) is 1.15. The second-order valence-electron chi connectivity index (χ2n) is 5.86. The van der Waals surface area contributed by atoms with E-state index in [2.05, 4.69) is 34.7 Å². The van der Waals surface area contributed by atoms with Crippen LogP contribution in [0.4, 0.5) is 5.69 Å². The van der Waals surface area contributed by atoms with E-state index in [-0.39, 0.29) is 0 Å². The second-order valence-corrected chi connectivity index (χ2v) is 6.30. The van der Waals surface area contributed by atoms with Crippen molar-refractivity contribution < 1.29 is 9.47 Å². The van der Waals surface area contributed by atoms with Gasteiger partial charge in [0.25, 0.3) is 0 Å². The van der Waals surface area contributed by atoms with Crippen LogP contribution in [0.3, 0.4) is 0 Å². The third kappa shape index (κ3) is 6.12. The van der Waals surface area contributed by atoms with E-state index < -0.39 is 0 Å². The van der Waals surface area contributed by atoms with Crippen molar-refractivity contribution in [2.45, 2.75) is 26.7 Å². The summed E-state index contributed by atoms with van der Waals surface area (Å²) in [5, 5.41) is 0. The number of ether oxygens (including phenoxy) is 2. The highest BCUT2D eigenvalue weighted by molar-refractivity contribution is 7.71. The maximum absolute atomic E-state index is 5.91. The van der Waals surface area contributed by atoms with E-state index in [4.69, 9.17) is 21.7 Å². The van der Waals surface area contributed by atoms with Gasteiger partial charge >= 0.3 is 0 Å². The number of anilines is 1. The van der Waals surface area contributed by atoms with Crippen LogP contribution in [-0.2, 0) is 4.74 Å². The molecule has 0 radical (unpaired) electrons. The monoisotopic (exact) mass is 339 g/mol. The normalized spacial score (nSPS) is 15.6. The van der Waals surface area contributed by atoms with Gasteiger partial charge in [-0.25, -0.2) is 0 Å². The Hall–Kier alpha value is -1.11. The Kier molecular flexibility index (Phi) is 7.85. The largest absolute Gasteiger partial charge is 0.478 e. The average molecular weight is 340 g/mol. The highest BCUT2D eigenvalue weighted by Crippen LogP contribution is 2.20. The van der Waals surface area contributed by atoms with Gasteiger partial charge in [-0.1, -0.05) is 26.1 Å². The first-order chi connectivity index (χ1) is 11.2. The molecule has 1 N–H and O–H groups in total. The van der Waals surface area contributed by atoms with Crippen molar-refractivity contribution in [2.24, 2.45) is 0 Å². The molecule has 0 amide bonds. The number of hydrogen-bond acceptors (Lipinski definition) is 5. The smallest absolute Gasteiger partial charge is 0.193 e. The van der Waals surface area contributed by atoms with Crippen molar-refractivity contribution in [3.8, 4) is 5.88 Å². The summed E-state index contributed by atoms with van der Waals surface area (Å²) in [6, 6.07) is 4.09. The molecule has 2 heterocycles. The Morgan fingerprint density at radius 1 is 1.22 bits per heavy atom. The van der Waals surface area contributed by atoms with E-state index in [1.54, 1.807) is 0 Å². The van der Waals surface area contributed by atoms with Crippen molar-refractivity contribution in [1.29, 1.82) is 0 Å². The van der Waals surface area contributed by atoms with Crippen LogP contribution in [-0.4, -0.2) is 62.4 Å². The zero-order valence-corrected chi connectivity index (χ0v) is 15.2. The van der Waals surface area contributed by atoms with E-state index >= 15 is 0 Å². The molecule has 0 bridgehead atoms. The van der Waals surface area contributed by atoms with Crippen LogP contribution in [0.15, 0.2) is 12.1 Å². The molecule has 1 fully saturated rings. The highest BCUT2D eigenvalue weighted by Gasteiger charge is 2.11. The number of morpholine rings is 1. The van der Waals surface area contributed by atoms with Crippen molar-refractivity contribution in [3.05, 3.63) is 16.8 Å². The minimum absolute atomic E-state index is 0.663. The summed E-state index contributed by atoms with van der Waals surface area (Å²) >= 11 is 5.36. The molecule has 6 heteroatoms. The van der Waals surface area contributed by atoms with Crippen LogP contribution >= 0.6 is 12.2 Å². The van der Waals surface area contributed by atoms with Crippen LogP contribution in [0.5, 0.6) is 5.88 Å². The summed E-state index contributed by atoms with van der Waals surface area (Å²) < 4.78 is 12.0. The molecule has 1 saturated heterocycles. The van der Waals surface area contributed by atoms with E-state index in [1.165, 1.54) is 0 Å². The Balaban J connectivity index is 1.94. The third-order valence-electron chi connectivity index (χ3n) is 3.93. The molecule has 1 aliphatic heterocycles. The topological polar surface area (TPSA) is 40.7 Å². The fourth-order valence-electron chi connectivity index (χ4n) is 2.78. The summed E-state index contributed by atoms with van der Waals surface area (Å²) in [6.45, 7) is 11.7. The number of nitrogens with zero attached hydrogens (tertiary/aromatic N) is 2. The van der Waals surface area contributed by atoms with Gasteiger partial charge in [0.1, 0.15) is 11.2 Å². The highest BCUT2D eigenvalue weighted by atomic mass is 32.1. The summed E-state index contributed by atoms with van der Waals surface area (Å²) in [5.74, 6) is 0.762. The van der Waals surface area contributed by atoms with Gasteiger partial charge in [-0.05, 0) is 18.9 Å². The number of hydrogen-bond donors (Lipinski definition) is 1. The Bertz CT molecular complexity index is 509. The molecule has 130 valence electrons. The summed E-state index contributed by atoms with van der Waals surface area (Å²) in [7, 11) is 0. The summed E-state index contributed by atoms with van der Waals surface area (Å²) in [4.78, 5) is 7.88. The molecule has 0 spiro atoms. The lowest BCUT2D eigenvalue weighted by atomic mass is 10.3. The maximum Gasteiger partial charge on any atom is 0.193 e. The van der Waals surface area contributed by atoms with Crippen LogP contribution in [0, 0.1) is 4.64 Å². The second kappa shape index (κ2) is 9.90. The minimum Gasteiger partial charge on any atom is -0.478 e. The fraction of sp³-hybridized carbons (Fsp3) is 0.706. The van der Waals surface area contributed by atoms with Gasteiger partial charge in [-0.3, -0.25) is 4.90 Å². The van der Waals surface area contributed by atoms with Crippen LogP contribution in [0.25, 0.3) is 0 Å². The molecule has 5 nitrogen and oxygen atoms in total. The van der Waals surface area contributed by atoms with Gasteiger partial charge in [0.2, 0.25) is 0 Å². The van der Waals surface area contributed by atoms with E-state index in [9.17, 15) is 0 Å². The van der Waals surface area contributed by atoms with Crippen molar-refractivity contribution >= 4 is 17.9 Å². The Morgan fingerprint density at radius 3 is 2.57 bits per heavy atom. The number of nitrogens with one attached hydrogen (secondary N) is 1. The quantitative estimate of drug-likeness (QED) is 0.700. The van der Waals surface area contributed by atoms with Gasteiger partial charge in [0, 0.05) is 44.5 Å². The van der Waals surface area contributed by atoms with Crippen LogP contribution in [0.2, 0.25) is 0 Å². The lowest BCUT2D eigenvalue weighted by molar-refractivity contribution is 0.0320. The molecule has 0 saturated carbocycles. The lowest BCUT2D eigenvalue weighted by Crippen LogP contribution is -2.38. The van der Waals surface area contributed by atoms with Crippen LogP contribution < -0.4 is 9.64 Å². The number of pyridine rings is 1. The number of rotatable bonds is 9. The SMILES string of the molecule is CCCN(CCC)c1cc(OCCN2CCOCC2)[nH]c(=S)c1. The first kappa shape index (κ1) is 18.2. The first-order valence-electron chi connectivity index (χ1n) is 8.65. The predicted molar refractivity (Wildman–Crippen MR) is 97.2 cm³/mol. The van der Waals surface area contributed by atoms with E-state index in [0.29, 0.717) is 6.61 Å². The van der Waals surface area contributed by atoms with Gasteiger partial charge in [-0.2, -0.15) is 0 Å². The Morgan fingerprint density at radius 2 is 1.91 bits per heavy atom. The van der Waals surface area contributed by atoms with Gasteiger partial charge in [0.05, 0.1) is 13.2 Å². The lowest BCUT2D eigenvalue weighted by Gasteiger charge is -2.26. The summed E-state index contributed by atoms with van der Waals surface area (Å²) in [6.07, 6.45) is 2.25. The molecule has 1 aromatic rings. The number of aromatic nitrogens is 1. The van der Waals surface area contributed by atoms with E-state index in [0.717, 1.165) is 75.0 Å². The van der Waals surface area contributed by atoms with Crippen molar-refractivity contribution in [1.82, 2.24) is 9.88 Å². The molecule has 1 aliphatic rings. The minimum atomic E-state index is 0.663. The molecule has 1 aromatic heterocycles. The molecule has 0 aliphatic carbocycles. The zero-order valence-electron chi connectivity index (χ0n) is 14.3. The zero-order chi connectivity index (χ0) is 16.5. The number of aromatic amines is 1. The molecule has 23 heavy (non-hydrogen) atoms. The average Bonchev–Trinajstić information content (AvgIpc) is 2.55. The van der Waals surface area contributed by atoms with E-state index in [1.807, 2.05) is 6.07 Å². The molecule has 0 unspecified atom stereocenters. The standard InChI is InChI=1S/C17H29N3O2S/c1-3-5-20(6-4-2)15-13-16(18-17(23)14-15)22-12-9-19-7-10-21-11-8-19/h13-14H,3-12H2,1-2H3,(H,18,23). The first-order valence-corrected chi connectivity index (χ1v) is 9.06. The number of H-pyrrole nitrogens is 1. The fourth-order valence-corrected chi connectivity index (χ4v) is 3.00. The molecule has 2 rings (SSSR count). The maximum atomic E-state index is 5.91. The molecule has 0 atom stereocenters. The van der Waals surface area contributed by atoms with Gasteiger partial charge in [-0.15, -0.1) is 0 Å². The van der Waals surface area contributed by atoms with Crippen molar-refractivity contribution in [2.75, 3.05) is 57.4 Å². The van der Waals surface area contributed by atoms with Gasteiger partial charge < -0.3 is 19.4 Å². The third-order valence-corrected chi connectivity index (χ3v) is 4.15. The molecular formula is C17H29N3O2S.